The van der Waals surface area contributed by atoms with Gasteiger partial charge in [-0.3, -0.25) is 19.5 Å². The standard InChI is InChI=1S/C22H22FN3O4/c23-17-5-3-15(4-6-17)20(27)18-19(16-2-1-7-24-14-16)26(22(29)21(18)28)9-8-25-10-12-30-13-11-25/h1-7,14,19,27H,8-13H2. The number of ketones is 1. The normalized spacial score (nSPS) is 21.9. The number of amides is 1. The Hall–Kier alpha value is -3.10. The van der Waals surface area contributed by atoms with Gasteiger partial charge in [0.2, 0.25) is 0 Å². The number of halogens is 1. The SMILES string of the molecule is O=C1C(=O)N(CCN2CCOCC2)C(c2cccnc2)C1=C(O)c1ccc(F)cc1. The van der Waals surface area contributed by atoms with E-state index >= 15 is 0 Å². The summed E-state index contributed by atoms with van der Waals surface area (Å²) in [6, 6.07) is 7.88. The van der Waals surface area contributed by atoms with Gasteiger partial charge in [-0.1, -0.05) is 6.07 Å². The fourth-order valence-electron chi connectivity index (χ4n) is 3.83. The maximum absolute atomic E-state index is 13.3. The fourth-order valence-corrected chi connectivity index (χ4v) is 3.83. The monoisotopic (exact) mass is 411 g/mol. The number of aliphatic hydroxyl groups is 1. The molecule has 1 aromatic carbocycles. The van der Waals surface area contributed by atoms with E-state index in [1.165, 1.54) is 29.2 Å². The van der Waals surface area contributed by atoms with Crippen molar-refractivity contribution in [3.8, 4) is 0 Å². The third-order valence-electron chi connectivity index (χ3n) is 5.42. The number of hydrogen-bond acceptors (Lipinski definition) is 6. The second-order valence-electron chi connectivity index (χ2n) is 7.24. The molecule has 1 aromatic heterocycles. The Kier molecular flexibility index (Phi) is 5.87. The number of pyridine rings is 1. The van der Waals surface area contributed by atoms with Gasteiger partial charge >= 0.3 is 0 Å². The van der Waals surface area contributed by atoms with Crippen LogP contribution in [0.4, 0.5) is 4.39 Å². The molecule has 0 spiro atoms. The van der Waals surface area contributed by atoms with Crippen LogP contribution < -0.4 is 0 Å². The number of carbonyl (C=O) groups is 2. The van der Waals surface area contributed by atoms with Crippen molar-refractivity contribution >= 4 is 17.4 Å². The van der Waals surface area contributed by atoms with E-state index in [-0.39, 0.29) is 16.9 Å². The molecular formula is C22H22FN3O4. The summed E-state index contributed by atoms with van der Waals surface area (Å²) in [4.78, 5) is 33.5. The summed E-state index contributed by atoms with van der Waals surface area (Å²) in [5.41, 5.74) is 0.889. The average molecular weight is 411 g/mol. The molecule has 2 aromatic rings. The number of carbonyl (C=O) groups excluding carboxylic acids is 2. The minimum atomic E-state index is -0.759. The molecule has 4 rings (SSSR count). The number of nitrogens with zero attached hydrogens (tertiary/aromatic N) is 3. The van der Waals surface area contributed by atoms with Crippen LogP contribution in [0.1, 0.15) is 17.2 Å². The molecule has 2 saturated heterocycles. The minimum absolute atomic E-state index is 0.0124. The molecule has 1 N–H and O–H groups in total. The molecule has 2 aliphatic rings. The zero-order valence-corrected chi connectivity index (χ0v) is 16.3. The van der Waals surface area contributed by atoms with Gasteiger partial charge in [0, 0.05) is 44.1 Å². The lowest BCUT2D eigenvalue weighted by Gasteiger charge is -2.30. The molecule has 0 radical (unpaired) electrons. The Bertz CT molecular complexity index is 956. The molecule has 30 heavy (non-hydrogen) atoms. The number of aliphatic hydroxyl groups excluding tert-OH is 1. The van der Waals surface area contributed by atoms with Crippen LogP contribution in [0.25, 0.3) is 5.76 Å². The van der Waals surface area contributed by atoms with E-state index in [1.807, 2.05) is 0 Å². The lowest BCUT2D eigenvalue weighted by molar-refractivity contribution is -0.140. The van der Waals surface area contributed by atoms with E-state index in [0.29, 0.717) is 31.9 Å². The summed E-state index contributed by atoms with van der Waals surface area (Å²) in [6.07, 6.45) is 3.18. The van der Waals surface area contributed by atoms with Crippen LogP contribution in [0.3, 0.4) is 0 Å². The number of likely N-dealkylation sites (tertiary alicyclic amines) is 1. The summed E-state index contributed by atoms with van der Waals surface area (Å²) in [5, 5.41) is 10.9. The van der Waals surface area contributed by atoms with Gasteiger partial charge in [-0.2, -0.15) is 0 Å². The van der Waals surface area contributed by atoms with Crippen molar-refractivity contribution in [2.75, 3.05) is 39.4 Å². The first-order valence-electron chi connectivity index (χ1n) is 9.80. The van der Waals surface area contributed by atoms with Gasteiger partial charge in [0.05, 0.1) is 24.8 Å². The molecule has 2 fully saturated rings. The Morgan fingerprint density at radius 1 is 1.13 bits per heavy atom. The predicted octanol–water partition coefficient (Wildman–Crippen LogP) is 1.97. The van der Waals surface area contributed by atoms with Crippen LogP contribution in [0.15, 0.2) is 54.4 Å². The van der Waals surface area contributed by atoms with Crippen molar-refractivity contribution in [1.29, 1.82) is 0 Å². The van der Waals surface area contributed by atoms with E-state index < -0.39 is 23.5 Å². The van der Waals surface area contributed by atoms with Crippen LogP contribution in [-0.2, 0) is 14.3 Å². The predicted molar refractivity (Wildman–Crippen MR) is 107 cm³/mol. The van der Waals surface area contributed by atoms with Gasteiger partial charge < -0.3 is 14.7 Å². The topological polar surface area (TPSA) is 83.0 Å². The van der Waals surface area contributed by atoms with Gasteiger partial charge in [0.15, 0.2) is 0 Å². The van der Waals surface area contributed by atoms with Gasteiger partial charge in [0.1, 0.15) is 11.6 Å². The summed E-state index contributed by atoms with van der Waals surface area (Å²) in [5.74, 6) is -2.20. The molecule has 1 amide bonds. The van der Waals surface area contributed by atoms with Crippen LogP contribution in [0.2, 0.25) is 0 Å². The third-order valence-corrected chi connectivity index (χ3v) is 5.42. The highest BCUT2D eigenvalue weighted by atomic mass is 19.1. The number of benzene rings is 1. The Morgan fingerprint density at radius 2 is 1.87 bits per heavy atom. The van der Waals surface area contributed by atoms with Crippen molar-refractivity contribution in [3.63, 3.8) is 0 Å². The number of rotatable bonds is 5. The quantitative estimate of drug-likeness (QED) is 0.460. The first-order valence-corrected chi connectivity index (χ1v) is 9.80. The largest absolute Gasteiger partial charge is 0.507 e. The van der Waals surface area contributed by atoms with Crippen molar-refractivity contribution in [2.45, 2.75) is 6.04 Å². The molecule has 7 nitrogen and oxygen atoms in total. The lowest BCUT2D eigenvalue weighted by Crippen LogP contribution is -2.42. The third kappa shape index (κ3) is 3.96. The maximum atomic E-state index is 13.3. The van der Waals surface area contributed by atoms with Gasteiger partial charge in [-0.05, 0) is 35.9 Å². The molecule has 8 heteroatoms. The number of morpholine rings is 1. The zero-order chi connectivity index (χ0) is 21.1. The molecular weight excluding hydrogens is 389 g/mol. The van der Waals surface area contributed by atoms with E-state index in [2.05, 4.69) is 9.88 Å². The Labute approximate surface area is 173 Å². The summed E-state index contributed by atoms with van der Waals surface area (Å²) in [6.45, 7) is 3.70. The molecule has 3 heterocycles. The number of ether oxygens (including phenoxy) is 1. The van der Waals surface area contributed by atoms with Crippen molar-refractivity contribution < 1.29 is 23.8 Å². The summed E-state index contributed by atoms with van der Waals surface area (Å²) in [7, 11) is 0. The lowest BCUT2D eigenvalue weighted by atomic mass is 9.96. The average Bonchev–Trinajstić information content (AvgIpc) is 3.04. The van der Waals surface area contributed by atoms with Crippen molar-refractivity contribution in [2.24, 2.45) is 0 Å². The summed E-state index contributed by atoms with van der Waals surface area (Å²) < 4.78 is 18.7. The van der Waals surface area contributed by atoms with Crippen molar-refractivity contribution in [3.05, 3.63) is 71.3 Å². The number of aromatic nitrogens is 1. The first kappa shape index (κ1) is 20.2. The van der Waals surface area contributed by atoms with Gasteiger partial charge in [-0.25, -0.2) is 4.39 Å². The van der Waals surface area contributed by atoms with Gasteiger partial charge in [0.25, 0.3) is 11.7 Å². The second kappa shape index (κ2) is 8.73. The Morgan fingerprint density at radius 3 is 2.53 bits per heavy atom. The van der Waals surface area contributed by atoms with E-state index in [9.17, 15) is 19.1 Å². The Balaban J connectivity index is 1.71. The first-order chi connectivity index (χ1) is 14.6. The summed E-state index contributed by atoms with van der Waals surface area (Å²) >= 11 is 0. The number of hydrogen-bond donors (Lipinski definition) is 1. The molecule has 156 valence electrons. The fraction of sp³-hybridized carbons (Fsp3) is 0.318. The maximum Gasteiger partial charge on any atom is 0.295 e. The highest BCUT2D eigenvalue weighted by Gasteiger charge is 2.46. The van der Waals surface area contributed by atoms with E-state index in [4.69, 9.17) is 4.74 Å². The molecule has 0 bridgehead atoms. The van der Waals surface area contributed by atoms with Crippen LogP contribution in [0.5, 0.6) is 0 Å². The highest BCUT2D eigenvalue weighted by Crippen LogP contribution is 2.38. The highest BCUT2D eigenvalue weighted by molar-refractivity contribution is 6.46. The minimum Gasteiger partial charge on any atom is -0.507 e. The molecule has 1 atom stereocenters. The van der Waals surface area contributed by atoms with E-state index in [1.54, 1.807) is 24.5 Å². The van der Waals surface area contributed by atoms with E-state index in [0.717, 1.165) is 13.1 Å². The van der Waals surface area contributed by atoms with Crippen LogP contribution >= 0.6 is 0 Å². The molecule has 2 aliphatic heterocycles. The number of Topliss-reactive ketones (excluding diaryl/α,β-unsaturated/α-hetero) is 1. The molecule has 0 aliphatic carbocycles. The molecule has 1 unspecified atom stereocenters. The van der Waals surface area contributed by atoms with Crippen LogP contribution in [-0.4, -0.2) is 71.0 Å². The zero-order valence-electron chi connectivity index (χ0n) is 16.3. The molecule has 0 saturated carbocycles. The van der Waals surface area contributed by atoms with Crippen molar-refractivity contribution in [1.82, 2.24) is 14.8 Å². The second-order valence-corrected chi connectivity index (χ2v) is 7.24. The smallest absolute Gasteiger partial charge is 0.295 e. The van der Waals surface area contributed by atoms with Gasteiger partial charge in [-0.15, -0.1) is 0 Å². The van der Waals surface area contributed by atoms with Crippen LogP contribution in [0, 0.1) is 5.82 Å².